The van der Waals surface area contributed by atoms with Gasteiger partial charge >= 0.3 is 12.3 Å². The summed E-state index contributed by atoms with van der Waals surface area (Å²) in [5.41, 5.74) is 1.05. The Morgan fingerprint density at radius 1 is 1.04 bits per heavy atom. The van der Waals surface area contributed by atoms with Crippen molar-refractivity contribution in [3.8, 4) is 5.88 Å². The Balaban J connectivity index is 1.91. The molecule has 27 heavy (non-hydrogen) atoms. The fourth-order valence-electron chi connectivity index (χ4n) is 1.89. The van der Waals surface area contributed by atoms with E-state index in [-0.39, 0.29) is 18.2 Å². The number of nitrogens with zero attached hydrogens (tertiary/aromatic N) is 1. The van der Waals surface area contributed by atoms with Gasteiger partial charge < -0.3 is 14.8 Å². The van der Waals surface area contributed by atoms with Gasteiger partial charge in [-0.05, 0) is 37.3 Å². The predicted octanol–water partition coefficient (Wildman–Crippen LogP) is 3.84. The first kappa shape index (κ1) is 20.0. The number of anilines is 2. The number of alkyl halides is 3. The molecule has 0 aliphatic carbocycles. The van der Waals surface area contributed by atoms with Crippen LogP contribution in [-0.4, -0.2) is 36.4 Å². The lowest BCUT2D eigenvalue weighted by molar-refractivity contribution is -0.154. The third-order valence-corrected chi connectivity index (χ3v) is 3.05. The second-order valence-electron chi connectivity index (χ2n) is 5.17. The smallest absolute Gasteiger partial charge is 0.422 e. The summed E-state index contributed by atoms with van der Waals surface area (Å²) in [6, 6.07) is 8.62. The van der Waals surface area contributed by atoms with Crippen LogP contribution in [-0.2, 0) is 4.74 Å². The third kappa shape index (κ3) is 6.84. The van der Waals surface area contributed by atoms with Gasteiger partial charge in [0.2, 0.25) is 5.88 Å². The Hall–Kier alpha value is -3.30. The standard InChI is InChI=1S/C17H16F3N3O4/c1-2-26-16(25)23-12-5-3-11(4-6-12)15(24)22-13-7-8-14(21-9-13)27-10-17(18,19)20/h3-9H,2,10H2,1H3,(H,22,24)(H,23,25). The van der Waals surface area contributed by atoms with Crippen molar-refractivity contribution < 1.29 is 32.2 Å². The maximum absolute atomic E-state index is 12.2. The van der Waals surface area contributed by atoms with E-state index in [2.05, 4.69) is 20.4 Å². The fourth-order valence-corrected chi connectivity index (χ4v) is 1.89. The molecule has 2 rings (SSSR count). The number of halogens is 3. The highest BCUT2D eigenvalue weighted by Gasteiger charge is 2.28. The lowest BCUT2D eigenvalue weighted by Crippen LogP contribution is -2.19. The van der Waals surface area contributed by atoms with E-state index < -0.39 is 24.8 Å². The summed E-state index contributed by atoms with van der Waals surface area (Å²) in [4.78, 5) is 27.2. The number of benzene rings is 1. The van der Waals surface area contributed by atoms with Crippen molar-refractivity contribution in [3.05, 3.63) is 48.2 Å². The van der Waals surface area contributed by atoms with Gasteiger partial charge in [-0.25, -0.2) is 9.78 Å². The van der Waals surface area contributed by atoms with Gasteiger partial charge in [0.25, 0.3) is 5.91 Å². The normalized spacial score (nSPS) is 10.8. The lowest BCUT2D eigenvalue weighted by atomic mass is 10.2. The molecule has 1 heterocycles. The van der Waals surface area contributed by atoms with E-state index in [1.165, 1.54) is 42.6 Å². The number of carbonyl (C=O) groups excluding carboxylic acids is 2. The van der Waals surface area contributed by atoms with Crippen LogP contribution in [0.1, 0.15) is 17.3 Å². The van der Waals surface area contributed by atoms with Crippen molar-refractivity contribution in [2.24, 2.45) is 0 Å². The molecule has 10 heteroatoms. The highest BCUT2D eigenvalue weighted by Crippen LogP contribution is 2.18. The number of nitrogens with one attached hydrogen (secondary N) is 2. The Morgan fingerprint density at radius 2 is 1.70 bits per heavy atom. The first-order valence-electron chi connectivity index (χ1n) is 7.77. The van der Waals surface area contributed by atoms with Crippen LogP contribution in [0.15, 0.2) is 42.6 Å². The van der Waals surface area contributed by atoms with Crippen LogP contribution in [0.25, 0.3) is 0 Å². The van der Waals surface area contributed by atoms with Crippen molar-refractivity contribution in [2.75, 3.05) is 23.8 Å². The molecule has 0 radical (unpaired) electrons. The SMILES string of the molecule is CCOC(=O)Nc1ccc(C(=O)Nc2ccc(OCC(F)(F)F)nc2)cc1. The summed E-state index contributed by atoms with van der Waals surface area (Å²) in [6.45, 7) is 0.467. The van der Waals surface area contributed by atoms with E-state index in [9.17, 15) is 22.8 Å². The van der Waals surface area contributed by atoms with E-state index in [1.807, 2.05) is 0 Å². The van der Waals surface area contributed by atoms with E-state index in [1.54, 1.807) is 6.92 Å². The molecular weight excluding hydrogens is 367 g/mol. The molecule has 0 atom stereocenters. The second-order valence-corrected chi connectivity index (χ2v) is 5.17. The first-order valence-corrected chi connectivity index (χ1v) is 7.77. The molecule has 0 saturated carbocycles. The minimum atomic E-state index is -4.46. The maximum Gasteiger partial charge on any atom is 0.422 e. The van der Waals surface area contributed by atoms with E-state index in [0.717, 1.165) is 0 Å². The van der Waals surface area contributed by atoms with Crippen molar-refractivity contribution >= 4 is 23.4 Å². The highest BCUT2D eigenvalue weighted by atomic mass is 19.4. The number of rotatable bonds is 6. The van der Waals surface area contributed by atoms with E-state index in [4.69, 9.17) is 4.74 Å². The average molecular weight is 383 g/mol. The molecule has 0 bridgehead atoms. The van der Waals surface area contributed by atoms with Gasteiger partial charge in [0.05, 0.1) is 18.5 Å². The number of pyridine rings is 1. The summed E-state index contributed by atoms with van der Waals surface area (Å²) in [5.74, 6) is -0.664. The zero-order chi connectivity index (χ0) is 19.9. The minimum Gasteiger partial charge on any atom is -0.468 e. The van der Waals surface area contributed by atoms with Crippen LogP contribution >= 0.6 is 0 Å². The summed E-state index contributed by atoms with van der Waals surface area (Å²) < 4.78 is 45.5. The van der Waals surface area contributed by atoms with Gasteiger partial charge in [0.1, 0.15) is 0 Å². The Morgan fingerprint density at radius 3 is 2.26 bits per heavy atom. The monoisotopic (exact) mass is 383 g/mol. The lowest BCUT2D eigenvalue weighted by Gasteiger charge is -2.09. The molecule has 0 spiro atoms. The molecule has 2 aromatic rings. The van der Waals surface area contributed by atoms with E-state index in [0.29, 0.717) is 11.3 Å². The van der Waals surface area contributed by atoms with Crippen molar-refractivity contribution in [2.45, 2.75) is 13.1 Å². The third-order valence-electron chi connectivity index (χ3n) is 3.05. The van der Waals surface area contributed by atoms with Gasteiger partial charge in [-0.3, -0.25) is 10.1 Å². The first-order chi connectivity index (χ1) is 12.8. The molecule has 2 N–H and O–H groups in total. The molecule has 1 aromatic heterocycles. The van der Waals surface area contributed by atoms with Gasteiger partial charge in [-0.2, -0.15) is 13.2 Å². The molecule has 0 aliphatic rings. The second kappa shape index (κ2) is 8.88. The largest absolute Gasteiger partial charge is 0.468 e. The van der Waals surface area contributed by atoms with Crippen LogP contribution < -0.4 is 15.4 Å². The Labute approximate surface area is 152 Å². The highest BCUT2D eigenvalue weighted by molar-refractivity contribution is 6.04. The zero-order valence-corrected chi connectivity index (χ0v) is 14.2. The number of aromatic nitrogens is 1. The molecule has 0 fully saturated rings. The molecule has 144 valence electrons. The summed E-state index contributed by atoms with van der Waals surface area (Å²) in [6.07, 6.45) is -3.88. The Kier molecular flexibility index (Phi) is 6.58. The van der Waals surface area contributed by atoms with Crippen molar-refractivity contribution in [1.82, 2.24) is 4.98 Å². The van der Waals surface area contributed by atoms with Crippen LogP contribution in [0.5, 0.6) is 5.88 Å². The topological polar surface area (TPSA) is 89.5 Å². The number of amides is 2. The molecule has 7 nitrogen and oxygen atoms in total. The Bertz CT molecular complexity index is 778. The predicted molar refractivity (Wildman–Crippen MR) is 90.8 cm³/mol. The van der Waals surface area contributed by atoms with Crippen LogP contribution in [0.2, 0.25) is 0 Å². The number of carbonyl (C=O) groups is 2. The minimum absolute atomic E-state index is 0.209. The molecule has 0 unspecified atom stereocenters. The number of hydrogen-bond donors (Lipinski definition) is 2. The maximum atomic E-state index is 12.2. The molecular formula is C17H16F3N3O4. The van der Waals surface area contributed by atoms with Crippen LogP contribution in [0.4, 0.5) is 29.3 Å². The van der Waals surface area contributed by atoms with Crippen LogP contribution in [0.3, 0.4) is 0 Å². The van der Waals surface area contributed by atoms with Crippen molar-refractivity contribution in [3.63, 3.8) is 0 Å². The summed E-state index contributed by atoms with van der Waals surface area (Å²) in [5, 5.41) is 5.04. The zero-order valence-electron chi connectivity index (χ0n) is 14.2. The van der Waals surface area contributed by atoms with Crippen molar-refractivity contribution in [1.29, 1.82) is 0 Å². The molecule has 1 aromatic carbocycles. The summed E-state index contributed by atoms with van der Waals surface area (Å²) >= 11 is 0. The van der Waals surface area contributed by atoms with Gasteiger partial charge in [-0.1, -0.05) is 0 Å². The van der Waals surface area contributed by atoms with Gasteiger partial charge in [0, 0.05) is 17.3 Å². The molecule has 0 saturated heterocycles. The summed E-state index contributed by atoms with van der Waals surface area (Å²) in [7, 11) is 0. The van der Waals surface area contributed by atoms with Crippen LogP contribution in [0, 0.1) is 0 Å². The van der Waals surface area contributed by atoms with Gasteiger partial charge in [0.15, 0.2) is 6.61 Å². The number of ether oxygens (including phenoxy) is 2. The van der Waals surface area contributed by atoms with Gasteiger partial charge in [-0.15, -0.1) is 0 Å². The number of hydrogen-bond acceptors (Lipinski definition) is 5. The fraction of sp³-hybridized carbons (Fsp3) is 0.235. The molecule has 0 aliphatic heterocycles. The molecule has 2 amide bonds. The van der Waals surface area contributed by atoms with E-state index >= 15 is 0 Å². The average Bonchev–Trinajstić information content (AvgIpc) is 2.61. The quantitative estimate of drug-likeness (QED) is 0.791.